The molecule has 0 amide bonds. The molecule has 1 N–H and O–H groups in total. The molecule has 0 saturated heterocycles. The third kappa shape index (κ3) is 4.53. The van der Waals surface area contributed by atoms with Gasteiger partial charge in [-0.1, -0.05) is 6.07 Å². The highest BCUT2D eigenvalue weighted by Gasteiger charge is 2.17. The highest BCUT2D eigenvalue weighted by Crippen LogP contribution is 2.17. The first-order valence-electron chi connectivity index (χ1n) is 5.56. The predicted octanol–water partition coefficient (Wildman–Crippen LogP) is 0.230. The zero-order chi connectivity index (χ0) is 14.5. The van der Waals surface area contributed by atoms with E-state index >= 15 is 0 Å². The van der Waals surface area contributed by atoms with Crippen molar-refractivity contribution in [2.45, 2.75) is 10.9 Å². The third-order valence-corrected chi connectivity index (χ3v) is 3.59. The Labute approximate surface area is 112 Å². The monoisotopic (exact) mass is 287 g/mol. The predicted molar refractivity (Wildman–Crippen MR) is 69.9 cm³/mol. The van der Waals surface area contributed by atoms with Crippen molar-refractivity contribution < 1.29 is 22.7 Å². The second-order valence-corrected chi connectivity index (χ2v) is 5.94. The molecule has 19 heavy (non-hydrogen) atoms. The van der Waals surface area contributed by atoms with Crippen LogP contribution in [0.1, 0.15) is 0 Å². The van der Waals surface area contributed by atoms with Gasteiger partial charge in [0.2, 0.25) is 0 Å². The number of carbonyl (C=O) groups is 1. The van der Waals surface area contributed by atoms with Crippen LogP contribution in [-0.2, 0) is 19.4 Å². The van der Waals surface area contributed by atoms with E-state index in [1.54, 1.807) is 19.2 Å². The molecule has 0 aromatic heterocycles. The van der Waals surface area contributed by atoms with Crippen molar-refractivity contribution in [2.24, 2.45) is 0 Å². The Hall–Kier alpha value is -1.60. The summed E-state index contributed by atoms with van der Waals surface area (Å²) in [5.41, 5.74) is 0. The fraction of sp³-hybridized carbons (Fsp3) is 0.417. The molecule has 1 atom stereocenters. The molecular formula is C12H17NO5S. The van der Waals surface area contributed by atoms with E-state index in [-0.39, 0.29) is 11.5 Å². The molecule has 0 aliphatic carbocycles. The van der Waals surface area contributed by atoms with E-state index < -0.39 is 21.8 Å². The van der Waals surface area contributed by atoms with Gasteiger partial charge in [0, 0.05) is 6.26 Å². The van der Waals surface area contributed by atoms with Crippen molar-refractivity contribution in [1.29, 1.82) is 0 Å². The topological polar surface area (TPSA) is 81.7 Å². The molecule has 7 heteroatoms. The van der Waals surface area contributed by atoms with Crippen molar-refractivity contribution in [1.82, 2.24) is 5.32 Å². The Kier molecular flexibility index (Phi) is 5.31. The molecule has 0 radical (unpaired) electrons. The first-order chi connectivity index (χ1) is 8.88. The molecule has 0 fully saturated rings. The lowest BCUT2D eigenvalue weighted by molar-refractivity contribution is -0.143. The van der Waals surface area contributed by atoms with Gasteiger partial charge < -0.3 is 14.8 Å². The second kappa shape index (κ2) is 6.53. The summed E-state index contributed by atoms with van der Waals surface area (Å²) in [6.07, 6.45) is 1.12. The van der Waals surface area contributed by atoms with E-state index in [2.05, 4.69) is 10.1 Å². The summed E-state index contributed by atoms with van der Waals surface area (Å²) in [6.45, 7) is 0.0520. The van der Waals surface area contributed by atoms with E-state index in [9.17, 15) is 13.2 Å². The number of esters is 1. The quantitative estimate of drug-likeness (QED) is 0.754. The number of benzene rings is 1. The van der Waals surface area contributed by atoms with Gasteiger partial charge >= 0.3 is 5.97 Å². The molecule has 0 aliphatic heterocycles. The van der Waals surface area contributed by atoms with Gasteiger partial charge in [0.1, 0.15) is 18.4 Å². The van der Waals surface area contributed by atoms with E-state index in [0.717, 1.165) is 6.26 Å². The van der Waals surface area contributed by atoms with Gasteiger partial charge in [0.05, 0.1) is 12.0 Å². The standard InChI is InChI=1S/C12H17NO5S/c1-13-11(12(14)17-2)8-18-9-5-4-6-10(7-9)19(3,15)16/h4-7,11,13H,8H2,1-3H3. The van der Waals surface area contributed by atoms with Gasteiger partial charge in [-0.3, -0.25) is 4.79 Å². The summed E-state index contributed by atoms with van der Waals surface area (Å²) < 4.78 is 32.8. The molecule has 106 valence electrons. The Bertz CT molecular complexity index is 541. The van der Waals surface area contributed by atoms with Crippen LogP contribution in [0.3, 0.4) is 0 Å². The fourth-order valence-electron chi connectivity index (χ4n) is 1.39. The largest absolute Gasteiger partial charge is 0.491 e. The molecule has 6 nitrogen and oxygen atoms in total. The van der Waals surface area contributed by atoms with Crippen LogP contribution in [0.4, 0.5) is 0 Å². The van der Waals surface area contributed by atoms with Crippen LogP contribution in [-0.4, -0.2) is 47.4 Å². The molecular weight excluding hydrogens is 270 g/mol. The number of likely N-dealkylation sites (N-methyl/N-ethyl adjacent to an activating group) is 1. The molecule has 1 unspecified atom stereocenters. The van der Waals surface area contributed by atoms with Crippen LogP contribution in [0.5, 0.6) is 5.75 Å². The van der Waals surface area contributed by atoms with E-state index in [0.29, 0.717) is 5.75 Å². The number of hydrogen-bond donors (Lipinski definition) is 1. The Morgan fingerprint density at radius 1 is 1.42 bits per heavy atom. The fourth-order valence-corrected chi connectivity index (χ4v) is 2.04. The van der Waals surface area contributed by atoms with Crippen LogP contribution in [0.15, 0.2) is 29.2 Å². The van der Waals surface area contributed by atoms with Crippen LogP contribution in [0, 0.1) is 0 Å². The smallest absolute Gasteiger partial charge is 0.326 e. The lowest BCUT2D eigenvalue weighted by Gasteiger charge is -2.14. The molecule has 0 spiro atoms. The minimum absolute atomic E-state index is 0.0520. The maximum absolute atomic E-state index is 11.4. The van der Waals surface area contributed by atoms with E-state index in [1.165, 1.54) is 19.2 Å². The summed E-state index contributed by atoms with van der Waals surface area (Å²) in [5.74, 6) is -0.0613. The molecule has 0 saturated carbocycles. The average molecular weight is 287 g/mol. The summed E-state index contributed by atoms with van der Waals surface area (Å²) >= 11 is 0. The van der Waals surface area contributed by atoms with Crippen molar-refractivity contribution in [3.8, 4) is 5.75 Å². The van der Waals surface area contributed by atoms with Gasteiger partial charge in [0.25, 0.3) is 0 Å². The highest BCUT2D eigenvalue weighted by atomic mass is 32.2. The molecule has 1 aromatic rings. The number of sulfone groups is 1. The zero-order valence-electron chi connectivity index (χ0n) is 11.0. The van der Waals surface area contributed by atoms with Crippen molar-refractivity contribution >= 4 is 15.8 Å². The van der Waals surface area contributed by atoms with Gasteiger partial charge in [-0.2, -0.15) is 0 Å². The van der Waals surface area contributed by atoms with Gasteiger partial charge in [-0.15, -0.1) is 0 Å². The molecule has 1 aromatic carbocycles. The lowest BCUT2D eigenvalue weighted by atomic mass is 10.3. The van der Waals surface area contributed by atoms with Crippen LogP contribution < -0.4 is 10.1 Å². The Balaban J connectivity index is 2.76. The Morgan fingerprint density at radius 3 is 2.63 bits per heavy atom. The maximum atomic E-state index is 11.4. The number of methoxy groups -OCH3 is 1. The Morgan fingerprint density at radius 2 is 2.11 bits per heavy atom. The number of rotatable bonds is 6. The average Bonchev–Trinajstić information content (AvgIpc) is 2.38. The van der Waals surface area contributed by atoms with Crippen LogP contribution in [0.25, 0.3) is 0 Å². The third-order valence-electron chi connectivity index (χ3n) is 2.48. The van der Waals surface area contributed by atoms with Gasteiger partial charge in [0.15, 0.2) is 9.84 Å². The van der Waals surface area contributed by atoms with Crippen molar-refractivity contribution in [3.05, 3.63) is 24.3 Å². The number of ether oxygens (including phenoxy) is 2. The van der Waals surface area contributed by atoms with E-state index in [4.69, 9.17) is 4.74 Å². The minimum atomic E-state index is -3.28. The van der Waals surface area contributed by atoms with Crippen LogP contribution >= 0.6 is 0 Å². The lowest BCUT2D eigenvalue weighted by Crippen LogP contribution is -2.40. The molecule has 0 aliphatic rings. The molecule has 0 bridgehead atoms. The van der Waals surface area contributed by atoms with Gasteiger partial charge in [-0.25, -0.2) is 8.42 Å². The molecule has 0 heterocycles. The summed E-state index contributed by atoms with van der Waals surface area (Å²) in [5, 5.41) is 2.75. The van der Waals surface area contributed by atoms with Crippen LogP contribution in [0.2, 0.25) is 0 Å². The number of carbonyl (C=O) groups excluding carboxylic acids is 1. The first-order valence-corrected chi connectivity index (χ1v) is 7.45. The number of nitrogens with one attached hydrogen (secondary N) is 1. The number of hydrogen-bond acceptors (Lipinski definition) is 6. The first kappa shape index (κ1) is 15.5. The summed E-state index contributed by atoms with van der Waals surface area (Å²) in [4.78, 5) is 11.5. The maximum Gasteiger partial charge on any atom is 0.326 e. The van der Waals surface area contributed by atoms with Crippen molar-refractivity contribution in [2.75, 3.05) is 27.0 Å². The van der Waals surface area contributed by atoms with Crippen molar-refractivity contribution in [3.63, 3.8) is 0 Å². The van der Waals surface area contributed by atoms with E-state index in [1.807, 2.05) is 0 Å². The molecule has 1 rings (SSSR count). The SMILES string of the molecule is CNC(COc1cccc(S(C)(=O)=O)c1)C(=O)OC. The summed E-state index contributed by atoms with van der Waals surface area (Å²) in [6, 6.07) is 5.50. The minimum Gasteiger partial charge on any atom is -0.491 e. The normalized spacial score (nSPS) is 12.8. The summed E-state index contributed by atoms with van der Waals surface area (Å²) in [7, 11) is -0.380. The van der Waals surface area contributed by atoms with Gasteiger partial charge in [-0.05, 0) is 25.2 Å². The zero-order valence-corrected chi connectivity index (χ0v) is 11.9. The highest BCUT2D eigenvalue weighted by molar-refractivity contribution is 7.90. The second-order valence-electron chi connectivity index (χ2n) is 3.92.